The zero-order chi connectivity index (χ0) is 30.7. The third-order valence-electron chi connectivity index (χ3n) is 13.9. The molecule has 1 N–H and O–H groups in total. The molecule has 8 atom stereocenters. The molecule has 1 aromatic rings. The molecule has 42 heavy (non-hydrogen) atoms. The van der Waals surface area contributed by atoms with Crippen molar-refractivity contribution in [3.63, 3.8) is 0 Å². The molecule has 5 heteroatoms. The van der Waals surface area contributed by atoms with Gasteiger partial charge in [-0.25, -0.2) is 4.39 Å². The lowest BCUT2D eigenvalue weighted by Crippen LogP contribution is -2.66. The first kappa shape index (κ1) is 29.5. The quantitative estimate of drug-likeness (QED) is 0.360. The summed E-state index contributed by atoms with van der Waals surface area (Å²) in [7, 11) is 0. The number of fused-ring (bicyclic) bond motifs is 7. The number of allylic oxidation sites excluding steroid dienone is 3. The lowest BCUT2D eigenvalue weighted by molar-refractivity contribution is -0.183. The van der Waals surface area contributed by atoms with E-state index in [0.29, 0.717) is 19.3 Å². The number of rotatable bonds is 2. The van der Waals surface area contributed by atoms with Crippen molar-refractivity contribution in [2.24, 2.45) is 50.2 Å². The molecule has 4 nitrogen and oxygen atoms in total. The molecule has 0 aromatic heterocycles. The molecule has 4 saturated carbocycles. The minimum atomic E-state index is -0.776. The number of hydrogen-bond donors (Lipinski definition) is 1. The highest BCUT2D eigenvalue weighted by Crippen LogP contribution is 2.75. The average molecular weight is 575 g/mol. The number of carbonyl (C=O) groups excluding carboxylic acids is 2. The Labute approximate surface area is 250 Å². The Balaban J connectivity index is 1.46. The van der Waals surface area contributed by atoms with Gasteiger partial charge in [0, 0.05) is 11.3 Å². The van der Waals surface area contributed by atoms with Gasteiger partial charge in [-0.15, -0.1) is 0 Å². The fraction of sp³-hybridized carbons (Fsp3) is 0.649. The molecule has 0 heterocycles. The molecule has 5 aliphatic rings. The first-order valence-electron chi connectivity index (χ1n) is 15.9. The summed E-state index contributed by atoms with van der Waals surface area (Å²) < 4.78 is 13.6. The van der Waals surface area contributed by atoms with Gasteiger partial charge in [0.15, 0.2) is 11.6 Å². The van der Waals surface area contributed by atoms with Crippen molar-refractivity contribution in [2.45, 2.75) is 99.8 Å². The standard InChI is InChI=1S/C37H47FO4/c1-32(2)28-12-13-37(7)29(35(28,5)20-23(30(32)40)18-22-8-10-24(38)11-9-22)27(39)19-25-26-21-34(4,31(41)42)15-14-33(26,3)16-17-36(25,37)6/h8-11,18-19,26,28-29H,12-17,20-21H2,1-7H3,(H,41,42)/b23-18-/t26-,28-,29+,33+,34-,35-,36+,37+/m0/s1. The van der Waals surface area contributed by atoms with E-state index in [-0.39, 0.29) is 51.4 Å². The van der Waals surface area contributed by atoms with Crippen LogP contribution in [0.4, 0.5) is 4.39 Å². The largest absolute Gasteiger partial charge is 0.481 e. The van der Waals surface area contributed by atoms with E-state index in [1.165, 1.54) is 17.7 Å². The fourth-order valence-corrected chi connectivity index (χ4v) is 11.1. The summed E-state index contributed by atoms with van der Waals surface area (Å²) in [6.07, 6.45) is 10.3. The number of carbonyl (C=O) groups is 3. The van der Waals surface area contributed by atoms with Gasteiger partial charge in [0.25, 0.3) is 0 Å². The topological polar surface area (TPSA) is 71.4 Å². The van der Waals surface area contributed by atoms with E-state index in [4.69, 9.17) is 0 Å². The van der Waals surface area contributed by atoms with Crippen molar-refractivity contribution in [1.82, 2.24) is 0 Å². The first-order chi connectivity index (χ1) is 19.4. The Hall–Kier alpha value is -2.56. The second kappa shape index (κ2) is 8.99. The zero-order valence-corrected chi connectivity index (χ0v) is 26.4. The summed E-state index contributed by atoms with van der Waals surface area (Å²) in [5, 5.41) is 10.2. The molecule has 0 aliphatic heterocycles. The summed E-state index contributed by atoms with van der Waals surface area (Å²) in [5.41, 5.74) is 0.403. The number of carboxylic acid groups (broad SMARTS) is 1. The van der Waals surface area contributed by atoms with E-state index in [1.54, 1.807) is 12.1 Å². The highest BCUT2D eigenvalue weighted by Gasteiger charge is 2.70. The van der Waals surface area contributed by atoms with Gasteiger partial charge in [-0.2, -0.15) is 0 Å². The number of benzene rings is 1. The summed E-state index contributed by atoms with van der Waals surface area (Å²) in [6.45, 7) is 15.3. The van der Waals surface area contributed by atoms with Crippen LogP contribution in [0.25, 0.3) is 6.08 Å². The second-order valence-electron chi connectivity index (χ2n) is 16.5. The Morgan fingerprint density at radius 2 is 1.57 bits per heavy atom. The number of hydrogen-bond acceptors (Lipinski definition) is 3. The number of carboxylic acids is 1. The summed E-state index contributed by atoms with van der Waals surface area (Å²) in [6, 6.07) is 6.25. The molecule has 0 saturated heterocycles. The van der Waals surface area contributed by atoms with Crippen molar-refractivity contribution in [3.8, 4) is 0 Å². The predicted octanol–water partition coefficient (Wildman–Crippen LogP) is 8.45. The molecule has 0 unspecified atom stereocenters. The molecule has 6 rings (SSSR count). The van der Waals surface area contributed by atoms with Gasteiger partial charge >= 0.3 is 5.97 Å². The van der Waals surface area contributed by atoms with Crippen LogP contribution in [0.15, 0.2) is 41.5 Å². The number of aliphatic carboxylic acids is 1. The Bertz CT molecular complexity index is 1440. The molecular formula is C37H47FO4. The Morgan fingerprint density at radius 3 is 2.21 bits per heavy atom. The van der Waals surface area contributed by atoms with E-state index in [2.05, 4.69) is 41.5 Å². The van der Waals surface area contributed by atoms with E-state index in [1.807, 2.05) is 19.1 Å². The molecule has 0 radical (unpaired) electrons. The highest BCUT2D eigenvalue weighted by atomic mass is 19.1. The van der Waals surface area contributed by atoms with Crippen molar-refractivity contribution in [3.05, 3.63) is 52.9 Å². The first-order valence-corrected chi connectivity index (χ1v) is 15.9. The summed E-state index contributed by atoms with van der Waals surface area (Å²) >= 11 is 0. The summed E-state index contributed by atoms with van der Waals surface area (Å²) in [5.74, 6) is -0.829. The van der Waals surface area contributed by atoms with Gasteiger partial charge in [0.2, 0.25) is 0 Å². The third-order valence-corrected chi connectivity index (χ3v) is 13.9. The molecule has 226 valence electrons. The van der Waals surface area contributed by atoms with Crippen LogP contribution in [0.5, 0.6) is 0 Å². The van der Waals surface area contributed by atoms with Gasteiger partial charge in [0.1, 0.15) is 5.82 Å². The van der Waals surface area contributed by atoms with Gasteiger partial charge < -0.3 is 5.11 Å². The number of ketones is 2. The third kappa shape index (κ3) is 3.80. The van der Waals surface area contributed by atoms with Crippen LogP contribution in [-0.2, 0) is 14.4 Å². The Morgan fingerprint density at radius 1 is 0.929 bits per heavy atom. The van der Waals surface area contributed by atoms with E-state index in [0.717, 1.165) is 43.2 Å². The molecule has 5 aliphatic carbocycles. The van der Waals surface area contributed by atoms with E-state index in [9.17, 15) is 23.9 Å². The van der Waals surface area contributed by atoms with Gasteiger partial charge in [-0.3, -0.25) is 14.4 Å². The maximum Gasteiger partial charge on any atom is 0.309 e. The van der Waals surface area contributed by atoms with Crippen LogP contribution >= 0.6 is 0 Å². The molecule has 0 spiro atoms. The van der Waals surface area contributed by atoms with Gasteiger partial charge in [0.05, 0.1) is 5.41 Å². The van der Waals surface area contributed by atoms with E-state index < -0.39 is 22.2 Å². The highest BCUT2D eigenvalue weighted by molar-refractivity contribution is 6.05. The average Bonchev–Trinajstić information content (AvgIpc) is 2.90. The van der Waals surface area contributed by atoms with Gasteiger partial charge in [-0.05, 0) is 127 Å². The zero-order valence-electron chi connectivity index (χ0n) is 26.4. The maximum atomic E-state index is 14.6. The van der Waals surface area contributed by atoms with Crippen molar-refractivity contribution in [1.29, 1.82) is 0 Å². The minimum Gasteiger partial charge on any atom is -0.481 e. The lowest BCUT2D eigenvalue weighted by atomic mass is 9.33. The maximum absolute atomic E-state index is 14.6. The van der Waals surface area contributed by atoms with E-state index >= 15 is 0 Å². The normalized spacial score (nSPS) is 45.3. The van der Waals surface area contributed by atoms with Crippen LogP contribution in [0.3, 0.4) is 0 Å². The smallest absolute Gasteiger partial charge is 0.309 e. The van der Waals surface area contributed by atoms with Crippen LogP contribution in [0, 0.1) is 56.1 Å². The second-order valence-corrected chi connectivity index (χ2v) is 16.5. The monoisotopic (exact) mass is 574 g/mol. The van der Waals surface area contributed by atoms with Crippen LogP contribution < -0.4 is 0 Å². The molecular weight excluding hydrogens is 527 g/mol. The Kier molecular flexibility index (Phi) is 6.31. The van der Waals surface area contributed by atoms with Crippen molar-refractivity contribution in [2.75, 3.05) is 0 Å². The molecule has 0 amide bonds. The van der Waals surface area contributed by atoms with Gasteiger partial charge in [-0.1, -0.05) is 59.2 Å². The summed E-state index contributed by atoms with van der Waals surface area (Å²) in [4.78, 5) is 40.9. The van der Waals surface area contributed by atoms with Crippen molar-refractivity contribution >= 4 is 23.6 Å². The van der Waals surface area contributed by atoms with Crippen LogP contribution in [0.1, 0.15) is 105 Å². The SMILES string of the molecule is CC1(C)C(=O)/C(=C\c2ccc(F)cc2)C[C@]2(C)[C@H]3C(=O)C=C4[C@@H]5C[C@@](C)(C(=O)O)CC[C@]5(C)CC[C@@]4(C)[C@]3(C)CC[C@@H]12. The lowest BCUT2D eigenvalue weighted by Gasteiger charge is -2.70. The minimum absolute atomic E-state index is 0.00912. The number of halogens is 1. The van der Waals surface area contributed by atoms with Crippen LogP contribution in [0.2, 0.25) is 0 Å². The number of Topliss-reactive ketones (excluding diaryl/α,β-unsaturated/α-hetero) is 1. The molecule has 1 aromatic carbocycles. The fourth-order valence-electron chi connectivity index (χ4n) is 11.1. The van der Waals surface area contributed by atoms with Crippen molar-refractivity contribution < 1.29 is 23.9 Å². The molecule has 4 fully saturated rings. The van der Waals surface area contributed by atoms with Crippen LogP contribution in [-0.4, -0.2) is 22.6 Å². The molecule has 0 bridgehead atoms. The predicted molar refractivity (Wildman–Crippen MR) is 162 cm³/mol.